The summed E-state index contributed by atoms with van der Waals surface area (Å²) in [4.78, 5) is 29.4. The fourth-order valence-corrected chi connectivity index (χ4v) is 6.02. The number of H-pyrrole nitrogens is 2. The Kier molecular flexibility index (Phi) is 10.9. The zero-order chi connectivity index (χ0) is 38.3. The fraction of sp³-hybridized carbons (Fsp3) is 0.0588. The maximum atomic E-state index is 12.5. The van der Waals surface area contributed by atoms with Crippen LogP contribution in [0.4, 0.5) is 11.4 Å². The number of hydrogen-bond acceptors (Lipinski definition) is 14. The molecule has 0 atom stereocenters. The molecule has 0 saturated heterocycles. The van der Waals surface area contributed by atoms with Crippen LogP contribution in [0.1, 0.15) is 11.1 Å². The van der Waals surface area contributed by atoms with Gasteiger partial charge in [-0.25, -0.2) is 9.98 Å². The van der Waals surface area contributed by atoms with E-state index in [1.807, 2.05) is 12.1 Å². The molecule has 0 spiro atoms. The van der Waals surface area contributed by atoms with E-state index in [9.17, 15) is 25.9 Å². The van der Waals surface area contributed by atoms with Crippen molar-refractivity contribution in [2.75, 3.05) is 14.2 Å². The third-order valence-electron chi connectivity index (χ3n) is 6.99. The number of nitrogens with one attached hydrogen (secondary N) is 2. The molecular weight excluding hydrogens is 745 g/mol. The SMILES string of the molecule is COc1nc(=Nc2ccc(C=Cc3ccc(N=c4nc(OC)[nH]c(Oc5ccccc5)n4)cc3S(=O)(=O)O)c(S(=O)(=O)O)c2)nc(Oc2ccccc2)[nH]1. The van der Waals surface area contributed by atoms with Gasteiger partial charge in [-0.1, -0.05) is 60.7 Å². The van der Waals surface area contributed by atoms with E-state index in [-0.39, 0.29) is 57.8 Å². The number of ether oxygens (including phenoxy) is 4. The topological polar surface area (TPSA) is 254 Å². The second kappa shape index (κ2) is 15.9. The number of aromatic amines is 2. The number of hydrogen-bond donors (Lipinski definition) is 4. The Balaban J connectivity index is 1.33. The van der Waals surface area contributed by atoms with E-state index in [2.05, 4.69) is 39.9 Å². The summed E-state index contributed by atoms with van der Waals surface area (Å²) in [5.74, 6) is 0.915. The molecule has 0 fully saturated rings. The van der Waals surface area contributed by atoms with Crippen molar-refractivity contribution in [3.63, 3.8) is 0 Å². The molecule has 0 bridgehead atoms. The number of rotatable bonds is 12. The first-order valence-corrected chi connectivity index (χ1v) is 18.3. The average Bonchev–Trinajstić information content (AvgIpc) is 3.14. The molecule has 0 unspecified atom stereocenters. The Morgan fingerprint density at radius 3 is 1.28 bits per heavy atom. The van der Waals surface area contributed by atoms with Gasteiger partial charge >= 0.3 is 24.0 Å². The van der Waals surface area contributed by atoms with E-state index in [4.69, 9.17) is 18.9 Å². The molecule has 54 heavy (non-hydrogen) atoms. The van der Waals surface area contributed by atoms with Crippen LogP contribution >= 0.6 is 0 Å². The van der Waals surface area contributed by atoms with Crippen molar-refractivity contribution in [2.24, 2.45) is 9.98 Å². The van der Waals surface area contributed by atoms with Crippen molar-refractivity contribution < 1.29 is 44.9 Å². The highest BCUT2D eigenvalue weighted by Crippen LogP contribution is 2.28. The van der Waals surface area contributed by atoms with E-state index in [1.54, 1.807) is 48.5 Å². The van der Waals surface area contributed by atoms with Crippen molar-refractivity contribution in [1.29, 1.82) is 0 Å². The van der Waals surface area contributed by atoms with Crippen LogP contribution in [0.15, 0.2) is 117 Å². The summed E-state index contributed by atoms with van der Waals surface area (Å²) in [5.41, 5.74) is -0.377. The van der Waals surface area contributed by atoms with Gasteiger partial charge in [-0.3, -0.25) is 19.1 Å². The molecule has 20 heteroatoms. The van der Waals surface area contributed by atoms with Gasteiger partial charge in [0, 0.05) is 0 Å². The predicted octanol–water partition coefficient (Wildman–Crippen LogP) is 4.65. The Hall–Kier alpha value is -6.74. The minimum absolute atomic E-state index is 0.00551. The van der Waals surface area contributed by atoms with E-state index in [1.165, 1.54) is 50.6 Å². The van der Waals surface area contributed by atoms with Gasteiger partial charge in [-0.15, -0.1) is 0 Å². The van der Waals surface area contributed by atoms with Crippen molar-refractivity contribution in [1.82, 2.24) is 29.9 Å². The fourth-order valence-electron chi connectivity index (χ4n) is 4.62. The molecule has 0 amide bonds. The van der Waals surface area contributed by atoms with Crippen molar-refractivity contribution >= 4 is 43.8 Å². The van der Waals surface area contributed by atoms with Crippen LogP contribution in [0, 0.1) is 0 Å². The first kappa shape index (κ1) is 37.0. The first-order chi connectivity index (χ1) is 25.9. The molecular formula is C34H28N8O10S2. The zero-order valence-electron chi connectivity index (χ0n) is 28.1. The standard InChI is InChI=1S/C34H28N8O10S2/c1-49-31-37-29(39-33(41-31)51-25-9-5-3-6-10-25)35-23-17-15-21(27(19-23)53(43,44)45)13-14-22-16-18-24(20-28(22)54(46,47)48)36-30-38-32(50-2)42-34(40-30)52-26-11-7-4-8-12-26/h3-20H,1-2H3,(H,43,44,45)(H,46,47,48)(H,35,37,39,41)(H,36,38,40,42). The lowest BCUT2D eigenvalue weighted by Gasteiger charge is -2.07. The quantitative estimate of drug-likeness (QED) is 0.0976. The molecule has 4 aromatic carbocycles. The number of methoxy groups -OCH3 is 2. The van der Waals surface area contributed by atoms with Crippen LogP contribution in [0.3, 0.4) is 0 Å². The number of benzene rings is 4. The second-order valence-electron chi connectivity index (χ2n) is 10.7. The summed E-state index contributed by atoms with van der Waals surface area (Å²) in [6.07, 6.45) is 2.45. The minimum Gasteiger partial charge on any atom is -0.468 e. The van der Waals surface area contributed by atoms with E-state index >= 15 is 0 Å². The minimum atomic E-state index is -4.85. The molecule has 0 aliphatic rings. The Labute approximate surface area is 306 Å². The maximum absolute atomic E-state index is 12.5. The largest absolute Gasteiger partial charge is 0.468 e. The van der Waals surface area contributed by atoms with Gasteiger partial charge in [0.25, 0.3) is 31.5 Å². The second-order valence-corrected chi connectivity index (χ2v) is 13.5. The van der Waals surface area contributed by atoms with E-state index in [0.29, 0.717) is 11.5 Å². The zero-order valence-corrected chi connectivity index (χ0v) is 29.7. The van der Waals surface area contributed by atoms with Gasteiger partial charge in [-0.2, -0.15) is 36.8 Å². The Bertz CT molecular complexity index is 2520. The summed E-state index contributed by atoms with van der Waals surface area (Å²) < 4.78 is 91.8. The smallest absolute Gasteiger partial charge is 0.306 e. The molecule has 6 rings (SSSR count). The van der Waals surface area contributed by atoms with Crippen LogP contribution in [-0.4, -0.2) is 70.1 Å². The summed E-state index contributed by atoms with van der Waals surface area (Å²) in [6, 6.07) is 25.0. The van der Waals surface area contributed by atoms with Gasteiger partial charge in [0.1, 0.15) is 21.3 Å². The van der Waals surface area contributed by atoms with Crippen LogP contribution in [0.5, 0.6) is 35.5 Å². The van der Waals surface area contributed by atoms with E-state index in [0.717, 1.165) is 12.1 Å². The maximum Gasteiger partial charge on any atom is 0.306 e. The first-order valence-electron chi connectivity index (χ1n) is 15.4. The van der Waals surface area contributed by atoms with Crippen molar-refractivity contribution in [2.45, 2.75) is 9.79 Å². The molecule has 276 valence electrons. The third kappa shape index (κ3) is 9.57. The lowest BCUT2D eigenvalue weighted by atomic mass is 10.1. The lowest BCUT2D eigenvalue weighted by molar-refractivity contribution is 0.354. The molecule has 4 N–H and O–H groups in total. The van der Waals surface area contributed by atoms with Gasteiger partial charge in [0.05, 0.1) is 25.6 Å². The monoisotopic (exact) mass is 772 g/mol. The Morgan fingerprint density at radius 1 is 0.556 bits per heavy atom. The van der Waals surface area contributed by atoms with E-state index < -0.39 is 30.0 Å². The van der Waals surface area contributed by atoms with Crippen molar-refractivity contribution in [3.05, 3.63) is 119 Å². The normalized spacial score (nSPS) is 12.5. The van der Waals surface area contributed by atoms with Gasteiger partial charge in [0.15, 0.2) is 0 Å². The highest BCUT2D eigenvalue weighted by molar-refractivity contribution is 7.86. The van der Waals surface area contributed by atoms with Crippen LogP contribution in [0.25, 0.3) is 12.2 Å². The molecule has 2 heterocycles. The number of para-hydroxylation sites is 2. The number of aromatic nitrogens is 6. The molecule has 0 aliphatic carbocycles. The lowest BCUT2D eigenvalue weighted by Crippen LogP contribution is -2.16. The van der Waals surface area contributed by atoms with Crippen LogP contribution < -0.4 is 30.2 Å². The summed E-state index contributed by atoms with van der Waals surface area (Å²) in [5, 5.41) is 0. The Morgan fingerprint density at radius 2 is 0.926 bits per heavy atom. The summed E-state index contributed by atoms with van der Waals surface area (Å²) >= 11 is 0. The molecule has 18 nitrogen and oxygen atoms in total. The average molecular weight is 773 g/mol. The van der Waals surface area contributed by atoms with Gasteiger partial charge in [-0.05, 0) is 59.7 Å². The highest BCUT2D eigenvalue weighted by atomic mass is 32.2. The summed E-state index contributed by atoms with van der Waals surface area (Å²) in [6.45, 7) is 0. The van der Waals surface area contributed by atoms with Crippen LogP contribution in [-0.2, 0) is 20.2 Å². The molecule has 0 radical (unpaired) electrons. The summed E-state index contributed by atoms with van der Waals surface area (Å²) in [7, 11) is -6.99. The van der Waals surface area contributed by atoms with Crippen LogP contribution in [0.2, 0.25) is 0 Å². The predicted molar refractivity (Wildman–Crippen MR) is 191 cm³/mol. The van der Waals surface area contributed by atoms with Gasteiger partial charge in [0.2, 0.25) is 0 Å². The number of nitrogens with zero attached hydrogens (tertiary/aromatic N) is 6. The van der Waals surface area contributed by atoms with Crippen molar-refractivity contribution in [3.8, 4) is 35.5 Å². The molecule has 0 saturated carbocycles. The third-order valence-corrected chi connectivity index (χ3v) is 8.81. The highest BCUT2D eigenvalue weighted by Gasteiger charge is 2.18. The molecule has 2 aromatic heterocycles. The molecule has 6 aromatic rings. The molecule has 0 aliphatic heterocycles. The van der Waals surface area contributed by atoms with Gasteiger partial charge < -0.3 is 18.9 Å².